The summed E-state index contributed by atoms with van der Waals surface area (Å²) in [5.41, 5.74) is 2.76. The van der Waals surface area contributed by atoms with E-state index in [1.165, 1.54) is 11.8 Å². The van der Waals surface area contributed by atoms with E-state index in [0.29, 0.717) is 28.0 Å². The van der Waals surface area contributed by atoms with E-state index in [4.69, 9.17) is 27.9 Å². The van der Waals surface area contributed by atoms with E-state index in [2.05, 4.69) is 5.32 Å². The van der Waals surface area contributed by atoms with E-state index < -0.39 is 6.04 Å². The number of nitrogens with zero attached hydrogens (tertiary/aromatic N) is 1. The van der Waals surface area contributed by atoms with Crippen molar-refractivity contribution in [2.24, 2.45) is 0 Å². The number of benzene rings is 3. The molecule has 0 aliphatic carbocycles. The fourth-order valence-corrected chi connectivity index (χ4v) is 5.13. The zero-order valence-electron chi connectivity index (χ0n) is 19.7. The van der Waals surface area contributed by atoms with Crippen LogP contribution in [0.2, 0.25) is 10.0 Å². The molecule has 1 N–H and O–H groups in total. The molecular formula is C27H28Cl2N2O3S. The molecule has 35 heavy (non-hydrogen) atoms. The quantitative estimate of drug-likeness (QED) is 0.349. The van der Waals surface area contributed by atoms with Gasteiger partial charge in [-0.25, -0.2) is 0 Å². The third-order valence-electron chi connectivity index (χ3n) is 5.50. The van der Waals surface area contributed by atoms with E-state index in [-0.39, 0.29) is 24.1 Å². The van der Waals surface area contributed by atoms with Crippen LogP contribution in [0.25, 0.3) is 0 Å². The van der Waals surface area contributed by atoms with E-state index in [0.717, 1.165) is 16.7 Å². The number of amides is 2. The highest BCUT2D eigenvalue weighted by molar-refractivity contribution is 7.99. The molecule has 0 aliphatic heterocycles. The number of carbonyl (C=O) groups is 2. The van der Waals surface area contributed by atoms with Crippen molar-refractivity contribution < 1.29 is 14.3 Å². The lowest BCUT2D eigenvalue weighted by molar-refractivity contribution is -0.139. The summed E-state index contributed by atoms with van der Waals surface area (Å²) in [6.45, 7) is 0.281. The first-order valence-corrected chi connectivity index (χ1v) is 13.0. The van der Waals surface area contributed by atoms with Gasteiger partial charge in [-0.2, -0.15) is 0 Å². The minimum atomic E-state index is -0.666. The molecule has 0 unspecified atom stereocenters. The number of carbonyl (C=O) groups excluding carboxylic acids is 2. The van der Waals surface area contributed by atoms with E-state index >= 15 is 0 Å². The van der Waals surface area contributed by atoms with Crippen molar-refractivity contribution in [2.75, 3.05) is 19.9 Å². The maximum absolute atomic E-state index is 13.5. The summed E-state index contributed by atoms with van der Waals surface area (Å²) in [5, 5.41) is 3.87. The zero-order chi connectivity index (χ0) is 25.2. The molecule has 0 spiro atoms. The Hall–Kier alpha value is -2.67. The first-order valence-electron chi connectivity index (χ1n) is 11.1. The van der Waals surface area contributed by atoms with Gasteiger partial charge < -0.3 is 15.0 Å². The van der Waals surface area contributed by atoms with Crippen LogP contribution in [0.15, 0.2) is 72.8 Å². The second-order valence-corrected chi connectivity index (χ2v) is 9.75. The van der Waals surface area contributed by atoms with Crippen molar-refractivity contribution in [2.45, 2.75) is 24.8 Å². The Balaban J connectivity index is 1.82. The highest BCUT2D eigenvalue weighted by Gasteiger charge is 2.29. The highest BCUT2D eigenvalue weighted by atomic mass is 35.5. The van der Waals surface area contributed by atoms with Crippen molar-refractivity contribution in [1.29, 1.82) is 0 Å². The van der Waals surface area contributed by atoms with E-state index in [1.54, 1.807) is 31.2 Å². The number of likely N-dealkylation sites (N-methyl/N-ethyl adjacent to an activating group) is 1. The Morgan fingerprint density at radius 2 is 1.74 bits per heavy atom. The molecule has 5 nitrogen and oxygen atoms in total. The summed E-state index contributed by atoms with van der Waals surface area (Å²) < 4.78 is 5.35. The van der Waals surface area contributed by atoms with Gasteiger partial charge in [-0.15, -0.1) is 11.8 Å². The largest absolute Gasteiger partial charge is 0.497 e. The molecule has 0 bridgehead atoms. The van der Waals surface area contributed by atoms with Gasteiger partial charge in [0.15, 0.2) is 0 Å². The summed E-state index contributed by atoms with van der Waals surface area (Å²) in [7, 11) is 3.19. The average Bonchev–Trinajstić information content (AvgIpc) is 2.87. The molecule has 0 saturated carbocycles. The Bertz CT molecular complexity index is 1140. The highest BCUT2D eigenvalue weighted by Crippen LogP contribution is 2.25. The maximum Gasteiger partial charge on any atom is 0.242 e. The van der Waals surface area contributed by atoms with E-state index in [1.807, 2.05) is 60.7 Å². The Morgan fingerprint density at radius 1 is 1.00 bits per heavy atom. The van der Waals surface area contributed by atoms with Crippen molar-refractivity contribution in [3.8, 4) is 5.75 Å². The minimum Gasteiger partial charge on any atom is -0.497 e. The molecule has 0 saturated heterocycles. The van der Waals surface area contributed by atoms with Crippen LogP contribution in [0.4, 0.5) is 0 Å². The van der Waals surface area contributed by atoms with Gasteiger partial charge in [0.2, 0.25) is 11.8 Å². The summed E-state index contributed by atoms with van der Waals surface area (Å²) in [6.07, 6.45) is 0.407. The maximum atomic E-state index is 13.5. The molecular weight excluding hydrogens is 503 g/mol. The van der Waals surface area contributed by atoms with Gasteiger partial charge in [0, 0.05) is 35.8 Å². The van der Waals surface area contributed by atoms with Gasteiger partial charge in [0.05, 0.1) is 12.9 Å². The SMILES string of the molecule is CNC(=O)[C@H](Cc1ccccc1)N(Cc1cccc(OC)c1)C(=O)CSCc1ccc(Cl)cc1Cl. The average molecular weight is 532 g/mol. The van der Waals surface area contributed by atoms with E-state index in [9.17, 15) is 9.59 Å². The van der Waals surface area contributed by atoms with Gasteiger partial charge >= 0.3 is 0 Å². The smallest absolute Gasteiger partial charge is 0.242 e. The summed E-state index contributed by atoms with van der Waals surface area (Å²) in [6, 6.07) is 21.9. The molecule has 0 fully saturated rings. The van der Waals surface area contributed by atoms with Crippen LogP contribution < -0.4 is 10.1 Å². The predicted molar refractivity (Wildman–Crippen MR) is 144 cm³/mol. The summed E-state index contributed by atoms with van der Waals surface area (Å²) in [5.74, 6) is 1.10. The number of hydrogen-bond donors (Lipinski definition) is 1. The summed E-state index contributed by atoms with van der Waals surface area (Å²) in [4.78, 5) is 28.2. The number of nitrogens with one attached hydrogen (secondary N) is 1. The predicted octanol–water partition coefficient (Wildman–Crippen LogP) is 5.62. The second-order valence-electron chi connectivity index (χ2n) is 7.92. The molecule has 0 aromatic heterocycles. The first-order chi connectivity index (χ1) is 16.9. The summed E-state index contributed by atoms with van der Waals surface area (Å²) >= 11 is 13.7. The number of methoxy groups -OCH3 is 1. The van der Waals surface area contributed by atoms with Gasteiger partial charge in [-0.1, -0.05) is 71.7 Å². The molecule has 2 amide bonds. The van der Waals surface area contributed by atoms with Crippen molar-refractivity contribution in [1.82, 2.24) is 10.2 Å². The number of hydrogen-bond acceptors (Lipinski definition) is 4. The van der Waals surface area contributed by atoms with Crippen LogP contribution >= 0.6 is 35.0 Å². The lowest BCUT2D eigenvalue weighted by atomic mass is 10.0. The Labute approximate surface area is 220 Å². The monoisotopic (exact) mass is 530 g/mol. The first kappa shape index (κ1) is 26.9. The molecule has 0 heterocycles. The molecule has 0 radical (unpaired) electrons. The molecule has 3 rings (SSSR count). The van der Waals surface area contributed by atoms with Crippen LogP contribution in [0.5, 0.6) is 5.75 Å². The molecule has 0 aliphatic rings. The van der Waals surface area contributed by atoms with Crippen LogP contribution in [0.3, 0.4) is 0 Å². The lowest BCUT2D eigenvalue weighted by Crippen LogP contribution is -2.50. The minimum absolute atomic E-state index is 0.132. The Kier molecular flexibility index (Phi) is 10.3. The van der Waals surface area contributed by atoms with Crippen molar-refractivity contribution in [3.63, 3.8) is 0 Å². The fraction of sp³-hybridized carbons (Fsp3) is 0.259. The number of halogens is 2. The van der Waals surface area contributed by atoms with Crippen LogP contribution in [0.1, 0.15) is 16.7 Å². The number of rotatable bonds is 11. The van der Waals surface area contributed by atoms with Crippen LogP contribution in [0, 0.1) is 0 Å². The number of ether oxygens (including phenoxy) is 1. The third kappa shape index (κ3) is 7.92. The van der Waals surface area contributed by atoms with Gasteiger partial charge in [0.1, 0.15) is 11.8 Å². The fourth-order valence-electron chi connectivity index (χ4n) is 3.66. The lowest BCUT2D eigenvalue weighted by Gasteiger charge is -2.31. The molecule has 184 valence electrons. The third-order valence-corrected chi connectivity index (χ3v) is 7.06. The molecule has 3 aromatic rings. The van der Waals surface area contributed by atoms with Gasteiger partial charge in [-0.3, -0.25) is 9.59 Å². The van der Waals surface area contributed by atoms with Crippen molar-refractivity contribution in [3.05, 3.63) is 99.5 Å². The zero-order valence-corrected chi connectivity index (χ0v) is 22.0. The number of thioether (sulfide) groups is 1. The van der Waals surface area contributed by atoms with Gasteiger partial charge in [0.25, 0.3) is 0 Å². The van der Waals surface area contributed by atoms with Crippen LogP contribution in [-0.4, -0.2) is 42.7 Å². The Morgan fingerprint density at radius 3 is 2.43 bits per heavy atom. The standard InChI is InChI=1S/C27H28Cl2N2O3S/c1-30-27(33)25(14-19-7-4-3-5-8-19)31(16-20-9-6-10-23(13-20)34-2)26(32)18-35-17-21-11-12-22(28)15-24(21)29/h3-13,15,25H,14,16-18H2,1-2H3,(H,30,33)/t25-/m0/s1. The van der Waals surface area contributed by atoms with Crippen LogP contribution in [-0.2, 0) is 28.3 Å². The second kappa shape index (κ2) is 13.4. The topological polar surface area (TPSA) is 58.6 Å². The van der Waals surface area contributed by atoms with Crippen molar-refractivity contribution >= 4 is 46.8 Å². The normalized spacial score (nSPS) is 11.5. The van der Waals surface area contributed by atoms with Gasteiger partial charge in [-0.05, 0) is 41.0 Å². The molecule has 3 aromatic carbocycles. The molecule has 1 atom stereocenters. The molecule has 8 heteroatoms.